The molecule has 3 heterocycles. The van der Waals surface area contributed by atoms with E-state index in [4.69, 9.17) is 26.6 Å². The molecule has 4 nitrogen and oxygen atoms in total. The summed E-state index contributed by atoms with van der Waals surface area (Å²) < 4.78 is 13.6. The summed E-state index contributed by atoms with van der Waals surface area (Å²) in [5.41, 5.74) is 6.45. The molecule has 3 aromatic carbocycles. The van der Waals surface area contributed by atoms with Gasteiger partial charge in [-0.3, -0.25) is 4.99 Å². The molecule has 0 N–H and O–H groups in total. The predicted molar refractivity (Wildman–Crippen MR) is 140 cm³/mol. The lowest BCUT2D eigenvalue weighted by molar-refractivity contribution is 0.625. The fourth-order valence-corrected chi connectivity index (χ4v) is 5.82. The third-order valence-corrected chi connectivity index (χ3v) is 7.85. The zero-order chi connectivity index (χ0) is 23.7. The Hall–Kier alpha value is -3.31. The molecule has 0 saturated heterocycles. The van der Waals surface area contributed by atoms with E-state index in [0.29, 0.717) is 12.0 Å². The van der Waals surface area contributed by atoms with E-state index in [1.807, 2.05) is 18.2 Å². The summed E-state index contributed by atoms with van der Waals surface area (Å²) in [5, 5.41) is 1.75. The number of anilines is 2. The Morgan fingerprint density at radius 3 is 2.69 bits per heavy atom. The predicted octanol–water partition coefficient (Wildman–Crippen LogP) is 7.04. The maximum absolute atomic E-state index is 13.6. The first-order chi connectivity index (χ1) is 17.0. The van der Waals surface area contributed by atoms with Crippen LogP contribution in [0.4, 0.5) is 15.9 Å². The second-order valence-corrected chi connectivity index (χ2v) is 10.4. The molecule has 1 saturated carbocycles. The van der Waals surface area contributed by atoms with Crippen LogP contribution in [0.1, 0.15) is 35.7 Å². The highest BCUT2D eigenvalue weighted by Gasteiger charge is 2.42. The molecular weight excluding hydrogens is 459 g/mol. The lowest BCUT2D eigenvalue weighted by atomic mass is 9.97. The van der Waals surface area contributed by atoms with Crippen LogP contribution in [0.15, 0.2) is 59.6 Å². The largest absolute Gasteiger partial charge is 0.325 e. The van der Waals surface area contributed by atoms with Gasteiger partial charge >= 0.3 is 0 Å². The zero-order valence-corrected chi connectivity index (χ0v) is 20.1. The van der Waals surface area contributed by atoms with Gasteiger partial charge in [-0.1, -0.05) is 23.7 Å². The minimum Gasteiger partial charge on any atom is -0.325 e. The standard InChI is InChI=1S/C29H24ClFN4/c1-16-10-26-24(14-23(16)17-2-5-22(31)6-3-17)29(35-9-8-18-12-21(30)4-7-27(18)35)34-28(33-26)20-11-19-13-25(19)32-15-20/h2-7,10,12,14-15,19-20,25H,8-9,11,13H2,1H3. The number of fused-ring (bicyclic) bond motifs is 3. The van der Waals surface area contributed by atoms with Crippen LogP contribution in [0.25, 0.3) is 22.0 Å². The highest BCUT2D eigenvalue weighted by molar-refractivity contribution is 6.30. The van der Waals surface area contributed by atoms with E-state index in [2.05, 4.69) is 42.3 Å². The van der Waals surface area contributed by atoms with Crippen molar-refractivity contribution in [3.8, 4) is 11.1 Å². The molecule has 1 fully saturated rings. The van der Waals surface area contributed by atoms with Crippen LogP contribution in [0, 0.1) is 18.7 Å². The van der Waals surface area contributed by atoms with E-state index in [-0.39, 0.29) is 11.7 Å². The molecule has 0 radical (unpaired) electrons. The lowest BCUT2D eigenvalue weighted by Gasteiger charge is -2.23. The Labute approximate surface area is 208 Å². The normalized spacial score (nSPS) is 22.4. The minimum absolute atomic E-state index is 0.145. The van der Waals surface area contributed by atoms with Crippen molar-refractivity contribution in [3.05, 3.63) is 82.4 Å². The maximum Gasteiger partial charge on any atom is 0.144 e. The fourth-order valence-electron chi connectivity index (χ4n) is 5.62. The lowest BCUT2D eigenvalue weighted by Crippen LogP contribution is -2.19. The molecule has 7 rings (SSSR count). The summed E-state index contributed by atoms with van der Waals surface area (Å²) >= 11 is 6.29. The molecule has 3 atom stereocenters. The van der Waals surface area contributed by atoms with E-state index in [0.717, 1.165) is 69.3 Å². The van der Waals surface area contributed by atoms with Crippen molar-refractivity contribution in [2.75, 3.05) is 11.4 Å². The number of aliphatic imine (C=N–C) groups is 1. The number of aryl methyl sites for hydroxylation is 1. The molecule has 1 aromatic heterocycles. The Kier molecular flexibility index (Phi) is 4.72. The SMILES string of the molecule is Cc1cc2nc(C3C=NC4CC4C3)nc(N3CCc4cc(Cl)ccc43)c2cc1-c1ccc(F)cc1. The van der Waals surface area contributed by atoms with Crippen LogP contribution >= 0.6 is 11.6 Å². The molecule has 174 valence electrons. The minimum atomic E-state index is -0.236. The van der Waals surface area contributed by atoms with Crippen LogP contribution in [-0.4, -0.2) is 28.8 Å². The van der Waals surface area contributed by atoms with Gasteiger partial charge in [-0.15, -0.1) is 0 Å². The molecule has 2 aliphatic heterocycles. The third-order valence-electron chi connectivity index (χ3n) is 7.62. The summed E-state index contributed by atoms with van der Waals surface area (Å²) in [6.07, 6.45) is 5.24. The Morgan fingerprint density at radius 2 is 1.86 bits per heavy atom. The van der Waals surface area contributed by atoms with Gasteiger partial charge in [0.05, 0.1) is 17.5 Å². The smallest absolute Gasteiger partial charge is 0.144 e. The van der Waals surface area contributed by atoms with Gasteiger partial charge in [-0.05, 0) is 96.8 Å². The van der Waals surface area contributed by atoms with Crippen molar-refractivity contribution >= 4 is 40.2 Å². The highest BCUT2D eigenvalue weighted by Crippen LogP contribution is 2.45. The van der Waals surface area contributed by atoms with E-state index in [9.17, 15) is 4.39 Å². The fraction of sp³-hybridized carbons (Fsp3) is 0.276. The second kappa shape index (κ2) is 7.85. The average molecular weight is 483 g/mol. The number of halogens is 2. The van der Waals surface area contributed by atoms with Crippen LogP contribution in [0.5, 0.6) is 0 Å². The van der Waals surface area contributed by atoms with Crippen LogP contribution in [0.3, 0.4) is 0 Å². The number of nitrogens with zero attached hydrogens (tertiary/aromatic N) is 4. The third kappa shape index (κ3) is 3.61. The van der Waals surface area contributed by atoms with E-state index in [1.165, 1.54) is 24.1 Å². The average Bonchev–Trinajstić information content (AvgIpc) is 3.53. The molecule has 0 amide bonds. The number of rotatable bonds is 3. The number of hydrogen-bond donors (Lipinski definition) is 0. The Bertz CT molecular complexity index is 1510. The first kappa shape index (κ1) is 21.0. The summed E-state index contributed by atoms with van der Waals surface area (Å²) in [7, 11) is 0. The van der Waals surface area contributed by atoms with Crippen molar-refractivity contribution in [3.63, 3.8) is 0 Å². The monoisotopic (exact) mass is 482 g/mol. The van der Waals surface area contributed by atoms with Gasteiger partial charge in [0.25, 0.3) is 0 Å². The quantitative estimate of drug-likeness (QED) is 0.314. The highest BCUT2D eigenvalue weighted by atomic mass is 35.5. The van der Waals surface area contributed by atoms with Gasteiger partial charge in [0, 0.05) is 28.9 Å². The molecule has 3 unspecified atom stereocenters. The first-order valence-electron chi connectivity index (χ1n) is 12.2. The second-order valence-electron chi connectivity index (χ2n) is 9.97. The molecule has 3 aliphatic rings. The number of aromatic nitrogens is 2. The summed E-state index contributed by atoms with van der Waals surface area (Å²) in [5.74, 6) is 2.34. The van der Waals surface area contributed by atoms with Gasteiger partial charge in [-0.25, -0.2) is 14.4 Å². The molecule has 0 spiro atoms. The molecule has 4 aromatic rings. The van der Waals surface area contributed by atoms with Gasteiger partial charge in [-0.2, -0.15) is 0 Å². The van der Waals surface area contributed by atoms with E-state index >= 15 is 0 Å². The van der Waals surface area contributed by atoms with Crippen molar-refractivity contribution in [2.45, 2.75) is 38.1 Å². The zero-order valence-electron chi connectivity index (χ0n) is 19.4. The molecule has 1 aliphatic carbocycles. The van der Waals surface area contributed by atoms with Crippen LogP contribution < -0.4 is 4.90 Å². The van der Waals surface area contributed by atoms with Crippen molar-refractivity contribution in [1.82, 2.24) is 9.97 Å². The number of benzene rings is 3. The summed E-state index contributed by atoms with van der Waals surface area (Å²) in [6, 6.07) is 17.6. The van der Waals surface area contributed by atoms with Crippen molar-refractivity contribution in [2.24, 2.45) is 10.9 Å². The van der Waals surface area contributed by atoms with Gasteiger partial charge < -0.3 is 4.90 Å². The van der Waals surface area contributed by atoms with Crippen LogP contribution in [-0.2, 0) is 6.42 Å². The molecule has 0 bridgehead atoms. The van der Waals surface area contributed by atoms with Gasteiger partial charge in [0.2, 0.25) is 0 Å². The van der Waals surface area contributed by atoms with E-state index in [1.54, 1.807) is 0 Å². The summed E-state index contributed by atoms with van der Waals surface area (Å²) in [6.45, 7) is 2.92. The van der Waals surface area contributed by atoms with E-state index < -0.39 is 0 Å². The first-order valence-corrected chi connectivity index (χ1v) is 12.6. The van der Waals surface area contributed by atoms with Gasteiger partial charge in [0.15, 0.2) is 0 Å². The van der Waals surface area contributed by atoms with Crippen LogP contribution in [0.2, 0.25) is 5.02 Å². The topological polar surface area (TPSA) is 41.4 Å². The Balaban J connectivity index is 1.43. The number of hydrogen-bond acceptors (Lipinski definition) is 4. The van der Waals surface area contributed by atoms with Crippen molar-refractivity contribution < 1.29 is 4.39 Å². The molecule has 6 heteroatoms. The molecular formula is C29H24ClFN4. The summed E-state index contributed by atoms with van der Waals surface area (Å²) in [4.78, 5) is 17.3. The maximum atomic E-state index is 13.6. The van der Waals surface area contributed by atoms with Crippen molar-refractivity contribution in [1.29, 1.82) is 0 Å². The Morgan fingerprint density at radius 1 is 1.00 bits per heavy atom. The molecule has 35 heavy (non-hydrogen) atoms. The van der Waals surface area contributed by atoms with Gasteiger partial charge in [0.1, 0.15) is 17.5 Å².